The number of carbonyl (C=O) groups is 2. The first-order valence-electron chi connectivity index (χ1n) is 8.13. The maximum atomic E-state index is 12.6. The number of para-hydroxylation sites is 1. The molecule has 26 heavy (non-hydrogen) atoms. The van der Waals surface area contributed by atoms with Gasteiger partial charge in [0.1, 0.15) is 0 Å². The minimum Gasteiger partial charge on any atom is -0.478 e. The Morgan fingerprint density at radius 1 is 1.00 bits per heavy atom. The van der Waals surface area contributed by atoms with Gasteiger partial charge in [-0.25, -0.2) is 13.2 Å². The second-order valence-corrected chi connectivity index (χ2v) is 7.67. The maximum Gasteiger partial charge on any atom is 0.335 e. The Balaban J connectivity index is 1.92. The van der Waals surface area contributed by atoms with Crippen molar-refractivity contribution in [2.75, 3.05) is 17.8 Å². The van der Waals surface area contributed by atoms with E-state index in [0.29, 0.717) is 13.1 Å². The van der Waals surface area contributed by atoms with Crippen molar-refractivity contribution < 1.29 is 23.1 Å². The molecule has 1 heterocycles. The second kappa shape index (κ2) is 7.17. The number of sulfonamides is 1. The number of likely N-dealkylation sites (tertiary alicyclic amines) is 1. The van der Waals surface area contributed by atoms with Crippen LogP contribution in [0, 0.1) is 0 Å². The Bertz CT molecular complexity index is 950. The molecule has 0 aliphatic carbocycles. The highest BCUT2D eigenvalue weighted by Gasteiger charge is 2.24. The van der Waals surface area contributed by atoms with Gasteiger partial charge in [0.05, 0.1) is 21.7 Å². The van der Waals surface area contributed by atoms with Gasteiger partial charge < -0.3 is 10.0 Å². The van der Waals surface area contributed by atoms with Gasteiger partial charge in [-0.3, -0.25) is 9.52 Å². The summed E-state index contributed by atoms with van der Waals surface area (Å²) in [5.41, 5.74) is 0.312. The topological polar surface area (TPSA) is 104 Å². The molecule has 3 rings (SSSR count). The van der Waals surface area contributed by atoms with Crippen LogP contribution in [0.3, 0.4) is 0 Å². The summed E-state index contributed by atoms with van der Waals surface area (Å²) < 4.78 is 27.7. The average Bonchev–Trinajstić information content (AvgIpc) is 3.16. The summed E-state index contributed by atoms with van der Waals surface area (Å²) >= 11 is 0. The van der Waals surface area contributed by atoms with E-state index < -0.39 is 16.0 Å². The van der Waals surface area contributed by atoms with Crippen LogP contribution < -0.4 is 4.72 Å². The lowest BCUT2D eigenvalue weighted by molar-refractivity contribution is 0.0695. The zero-order valence-electron chi connectivity index (χ0n) is 13.9. The Morgan fingerprint density at radius 2 is 1.69 bits per heavy atom. The number of hydrogen-bond acceptors (Lipinski definition) is 4. The summed E-state index contributed by atoms with van der Waals surface area (Å²) in [6.45, 7) is 1.31. The lowest BCUT2D eigenvalue weighted by Crippen LogP contribution is -2.28. The number of benzene rings is 2. The van der Waals surface area contributed by atoms with Crippen LogP contribution >= 0.6 is 0 Å². The molecule has 0 radical (unpaired) electrons. The molecular formula is C18H18N2O5S. The first-order valence-corrected chi connectivity index (χ1v) is 9.61. The summed E-state index contributed by atoms with van der Waals surface area (Å²) in [5, 5.41) is 9.04. The van der Waals surface area contributed by atoms with Crippen molar-refractivity contribution >= 4 is 27.6 Å². The van der Waals surface area contributed by atoms with E-state index in [0.717, 1.165) is 18.9 Å². The highest BCUT2D eigenvalue weighted by molar-refractivity contribution is 7.92. The third-order valence-corrected chi connectivity index (χ3v) is 5.55. The number of carboxylic acids is 1. The molecule has 1 saturated heterocycles. The predicted octanol–water partition coefficient (Wildman–Crippen LogP) is 2.42. The molecule has 136 valence electrons. The number of nitrogens with one attached hydrogen (secondary N) is 1. The Kier molecular flexibility index (Phi) is 4.94. The monoisotopic (exact) mass is 374 g/mol. The average molecular weight is 374 g/mol. The number of anilines is 1. The lowest BCUT2D eigenvalue weighted by Gasteiger charge is -2.18. The molecule has 1 aliphatic rings. The van der Waals surface area contributed by atoms with E-state index in [1.54, 1.807) is 23.1 Å². The molecule has 0 spiro atoms. The van der Waals surface area contributed by atoms with E-state index >= 15 is 0 Å². The quantitative estimate of drug-likeness (QED) is 0.836. The Hall–Kier alpha value is -2.87. The number of carboxylic acid groups (broad SMARTS) is 1. The fourth-order valence-corrected chi connectivity index (χ4v) is 3.97. The minimum atomic E-state index is -4.03. The highest BCUT2D eigenvalue weighted by atomic mass is 32.2. The van der Waals surface area contributed by atoms with Crippen LogP contribution in [0.4, 0.5) is 5.69 Å². The van der Waals surface area contributed by atoms with Crippen molar-refractivity contribution in [3.8, 4) is 0 Å². The van der Waals surface area contributed by atoms with Crippen molar-refractivity contribution in [1.82, 2.24) is 4.90 Å². The first-order chi connectivity index (χ1) is 12.4. The molecule has 1 fully saturated rings. The van der Waals surface area contributed by atoms with E-state index in [4.69, 9.17) is 5.11 Å². The largest absolute Gasteiger partial charge is 0.478 e. The number of hydrogen-bond donors (Lipinski definition) is 2. The smallest absolute Gasteiger partial charge is 0.335 e. The third-order valence-electron chi connectivity index (χ3n) is 4.19. The molecule has 2 N–H and O–H groups in total. The standard InChI is InChI=1S/C18H18N2O5S/c21-17(20-10-3-4-11-20)15-8-1-2-9-16(15)19-26(24,25)14-7-5-6-13(12-14)18(22)23/h1-2,5-9,12,19H,3-4,10-11H2,(H,22,23). The molecule has 0 saturated carbocycles. The SMILES string of the molecule is O=C(O)c1cccc(S(=O)(=O)Nc2ccccc2C(=O)N2CCCC2)c1. The summed E-state index contributed by atoms with van der Waals surface area (Å²) in [4.78, 5) is 25.2. The van der Waals surface area contributed by atoms with Crippen molar-refractivity contribution in [1.29, 1.82) is 0 Å². The highest BCUT2D eigenvalue weighted by Crippen LogP contribution is 2.23. The van der Waals surface area contributed by atoms with Gasteiger partial charge in [0.2, 0.25) is 0 Å². The molecule has 0 bridgehead atoms. The Morgan fingerprint density at radius 3 is 2.38 bits per heavy atom. The Labute approximate surface area is 151 Å². The van der Waals surface area contributed by atoms with Crippen LogP contribution in [0.15, 0.2) is 53.4 Å². The van der Waals surface area contributed by atoms with Gasteiger partial charge in [0.25, 0.3) is 15.9 Å². The van der Waals surface area contributed by atoms with Gasteiger partial charge in [-0.1, -0.05) is 18.2 Å². The number of rotatable bonds is 5. The van der Waals surface area contributed by atoms with Crippen LogP contribution in [0.25, 0.3) is 0 Å². The fourth-order valence-electron chi connectivity index (χ4n) is 2.85. The van der Waals surface area contributed by atoms with E-state index in [2.05, 4.69) is 4.72 Å². The van der Waals surface area contributed by atoms with Gasteiger partial charge in [0.15, 0.2) is 0 Å². The summed E-state index contributed by atoms with van der Waals surface area (Å²) in [5.74, 6) is -1.44. The minimum absolute atomic E-state index is 0.130. The van der Waals surface area contributed by atoms with Crippen LogP contribution in [-0.4, -0.2) is 43.4 Å². The van der Waals surface area contributed by atoms with Crippen LogP contribution in [0.2, 0.25) is 0 Å². The molecule has 8 heteroatoms. The van der Waals surface area contributed by atoms with E-state index in [-0.39, 0.29) is 27.6 Å². The lowest BCUT2D eigenvalue weighted by atomic mass is 10.1. The van der Waals surface area contributed by atoms with Crippen molar-refractivity contribution in [2.45, 2.75) is 17.7 Å². The summed E-state index contributed by atoms with van der Waals surface area (Å²) in [6, 6.07) is 11.5. The molecule has 0 atom stereocenters. The van der Waals surface area contributed by atoms with Crippen LogP contribution in [0.5, 0.6) is 0 Å². The van der Waals surface area contributed by atoms with E-state index in [1.165, 1.54) is 24.3 Å². The zero-order chi connectivity index (χ0) is 18.7. The molecule has 7 nitrogen and oxygen atoms in total. The molecule has 1 amide bonds. The van der Waals surface area contributed by atoms with Gasteiger partial charge in [0, 0.05) is 13.1 Å². The zero-order valence-corrected chi connectivity index (χ0v) is 14.7. The van der Waals surface area contributed by atoms with Gasteiger partial charge in [-0.05, 0) is 43.2 Å². The maximum absolute atomic E-state index is 12.6. The number of aromatic carboxylic acids is 1. The molecule has 0 unspecified atom stereocenters. The van der Waals surface area contributed by atoms with Crippen LogP contribution in [-0.2, 0) is 10.0 Å². The number of nitrogens with zero attached hydrogens (tertiary/aromatic N) is 1. The fraction of sp³-hybridized carbons (Fsp3) is 0.222. The normalized spacial score (nSPS) is 14.2. The van der Waals surface area contributed by atoms with Crippen molar-refractivity contribution in [3.05, 3.63) is 59.7 Å². The van der Waals surface area contributed by atoms with Crippen molar-refractivity contribution in [2.24, 2.45) is 0 Å². The molecule has 0 aromatic heterocycles. The predicted molar refractivity (Wildman–Crippen MR) is 95.8 cm³/mol. The van der Waals surface area contributed by atoms with Crippen LogP contribution in [0.1, 0.15) is 33.6 Å². The number of carbonyl (C=O) groups excluding carboxylic acids is 1. The van der Waals surface area contributed by atoms with Gasteiger partial charge in [-0.2, -0.15) is 0 Å². The van der Waals surface area contributed by atoms with Gasteiger partial charge in [-0.15, -0.1) is 0 Å². The summed E-state index contributed by atoms with van der Waals surface area (Å²) in [6.07, 6.45) is 1.86. The molecule has 2 aromatic carbocycles. The summed E-state index contributed by atoms with van der Waals surface area (Å²) in [7, 11) is -4.03. The third kappa shape index (κ3) is 3.70. The van der Waals surface area contributed by atoms with E-state index in [9.17, 15) is 18.0 Å². The van der Waals surface area contributed by atoms with E-state index in [1.807, 2.05) is 0 Å². The van der Waals surface area contributed by atoms with Crippen molar-refractivity contribution in [3.63, 3.8) is 0 Å². The van der Waals surface area contributed by atoms with Gasteiger partial charge >= 0.3 is 5.97 Å². The molecular weight excluding hydrogens is 356 g/mol. The second-order valence-electron chi connectivity index (χ2n) is 5.98. The molecule has 1 aliphatic heterocycles. The molecule has 2 aromatic rings. The number of amides is 1. The first kappa shape index (κ1) is 17.9.